The lowest BCUT2D eigenvalue weighted by Gasteiger charge is -2.25. The van der Waals surface area contributed by atoms with Crippen LogP contribution in [0.25, 0.3) is 6.08 Å². The maximum absolute atomic E-state index is 14.2. The summed E-state index contributed by atoms with van der Waals surface area (Å²) < 4.78 is 33.1. The molecule has 0 fully saturated rings. The number of benzene rings is 4. The third kappa shape index (κ3) is 6.76. The third-order valence-electron chi connectivity index (χ3n) is 7.68. The number of anilines is 1. The van der Waals surface area contributed by atoms with E-state index in [1.807, 2.05) is 49.4 Å². The van der Waals surface area contributed by atoms with Gasteiger partial charge >= 0.3 is 0 Å². The number of allylic oxidation sites excluding steroid dienone is 1. The summed E-state index contributed by atoms with van der Waals surface area (Å²) in [6, 6.07) is 25.4. The van der Waals surface area contributed by atoms with E-state index in [-0.39, 0.29) is 34.7 Å². The van der Waals surface area contributed by atoms with Crippen LogP contribution in [0.4, 0.5) is 10.1 Å². The van der Waals surface area contributed by atoms with E-state index in [0.29, 0.717) is 55.5 Å². The molecule has 0 spiro atoms. The molecule has 1 aromatic heterocycles. The predicted octanol–water partition coefficient (Wildman–Crippen LogP) is 6.65. The molecule has 6 rings (SSSR count). The second-order valence-corrected chi connectivity index (χ2v) is 12.2. The summed E-state index contributed by atoms with van der Waals surface area (Å²) in [6.45, 7) is 4.13. The molecule has 0 saturated carbocycles. The van der Waals surface area contributed by atoms with Crippen molar-refractivity contribution in [3.8, 4) is 17.2 Å². The number of para-hydroxylation sites is 1. The largest absolute Gasteiger partial charge is 0.494 e. The zero-order chi connectivity index (χ0) is 33.8. The van der Waals surface area contributed by atoms with Crippen molar-refractivity contribution in [2.45, 2.75) is 26.5 Å². The molecule has 8 nitrogen and oxygen atoms in total. The maximum Gasteiger partial charge on any atom is 0.271 e. The number of thiazole rings is 1. The number of rotatable bonds is 10. The summed E-state index contributed by atoms with van der Waals surface area (Å²) in [5, 5.41) is 3.19. The Kier molecular flexibility index (Phi) is 9.75. The van der Waals surface area contributed by atoms with Crippen LogP contribution in [-0.2, 0) is 11.4 Å². The fourth-order valence-electron chi connectivity index (χ4n) is 5.44. The van der Waals surface area contributed by atoms with E-state index in [1.54, 1.807) is 60.0 Å². The van der Waals surface area contributed by atoms with E-state index in [0.717, 1.165) is 5.56 Å². The van der Waals surface area contributed by atoms with Gasteiger partial charge in [-0.1, -0.05) is 71.5 Å². The van der Waals surface area contributed by atoms with Crippen LogP contribution in [0.2, 0.25) is 5.02 Å². The normalized spacial score (nSPS) is 14.3. The first kappa shape index (κ1) is 32.7. The van der Waals surface area contributed by atoms with Crippen molar-refractivity contribution in [3.05, 3.63) is 149 Å². The molecule has 0 bridgehead atoms. The Labute approximate surface area is 285 Å². The first-order valence-corrected chi connectivity index (χ1v) is 16.3. The van der Waals surface area contributed by atoms with Crippen molar-refractivity contribution in [2.75, 3.05) is 19.0 Å². The van der Waals surface area contributed by atoms with Crippen LogP contribution in [0, 0.1) is 5.82 Å². The van der Waals surface area contributed by atoms with Crippen LogP contribution >= 0.6 is 22.9 Å². The van der Waals surface area contributed by atoms with Crippen molar-refractivity contribution in [1.82, 2.24) is 4.57 Å². The number of halogens is 2. The van der Waals surface area contributed by atoms with Crippen LogP contribution in [-0.4, -0.2) is 24.2 Å². The Morgan fingerprint density at radius 1 is 1.04 bits per heavy atom. The summed E-state index contributed by atoms with van der Waals surface area (Å²) in [7, 11) is 1.47. The topological polar surface area (TPSA) is 91.2 Å². The summed E-state index contributed by atoms with van der Waals surface area (Å²) in [5.41, 5.74) is 2.81. The van der Waals surface area contributed by atoms with Crippen LogP contribution in [0.1, 0.15) is 36.6 Å². The van der Waals surface area contributed by atoms with Gasteiger partial charge in [0.1, 0.15) is 18.2 Å². The van der Waals surface area contributed by atoms with E-state index in [9.17, 15) is 14.0 Å². The highest BCUT2D eigenvalue weighted by atomic mass is 35.5. The van der Waals surface area contributed by atoms with E-state index in [2.05, 4.69) is 5.32 Å². The molecule has 0 radical (unpaired) electrons. The minimum absolute atomic E-state index is 0.0498. The first-order valence-electron chi connectivity index (χ1n) is 15.1. The molecule has 1 N–H and O–H groups in total. The Morgan fingerprint density at radius 3 is 2.48 bits per heavy atom. The number of carbonyl (C=O) groups excluding carboxylic acids is 1. The maximum atomic E-state index is 14.2. The van der Waals surface area contributed by atoms with E-state index in [1.165, 1.54) is 24.5 Å². The van der Waals surface area contributed by atoms with Crippen molar-refractivity contribution in [1.29, 1.82) is 0 Å². The number of ether oxygens (including phenoxy) is 3. The molecule has 1 aliphatic heterocycles. The molecule has 1 amide bonds. The monoisotopic (exact) mass is 683 g/mol. The molecule has 2 heterocycles. The molecule has 11 heteroatoms. The molecule has 0 unspecified atom stereocenters. The Bertz CT molecular complexity index is 2200. The second-order valence-electron chi connectivity index (χ2n) is 10.8. The average molecular weight is 684 g/mol. The molecule has 1 aliphatic rings. The highest BCUT2D eigenvalue weighted by Crippen LogP contribution is 2.37. The van der Waals surface area contributed by atoms with Gasteiger partial charge in [-0.25, -0.2) is 9.38 Å². The standard InChI is InChI=1S/C37H31ClFN3O5S/c1-4-46-27-16-14-24(15-17-27)33-32(35(43)41-26-11-6-5-7-12-26)22(2)40-37-42(33)36(44)31(48-37)20-23-18-28(38)34(30(19-23)45-3)47-21-25-10-8-9-13-29(25)39/h5-20,33H,4,21H2,1-3H3,(H,41,43)/b31-20-/t33-/m1/s1. The quantitative estimate of drug-likeness (QED) is 0.178. The van der Waals surface area contributed by atoms with Crippen molar-refractivity contribution in [3.63, 3.8) is 0 Å². The highest BCUT2D eigenvalue weighted by molar-refractivity contribution is 7.07. The lowest BCUT2D eigenvalue weighted by atomic mass is 9.95. The van der Waals surface area contributed by atoms with Gasteiger partial charge in [-0.05, 0) is 73.5 Å². The van der Waals surface area contributed by atoms with Gasteiger partial charge in [0.05, 0.1) is 40.6 Å². The minimum Gasteiger partial charge on any atom is -0.494 e. The van der Waals surface area contributed by atoms with E-state index < -0.39 is 6.04 Å². The van der Waals surface area contributed by atoms with Gasteiger partial charge in [-0.15, -0.1) is 0 Å². The van der Waals surface area contributed by atoms with Gasteiger partial charge < -0.3 is 19.5 Å². The smallest absolute Gasteiger partial charge is 0.271 e. The highest BCUT2D eigenvalue weighted by Gasteiger charge is 2.32. The van der Waals surface area contributed by atoms with E-state index >= 15 is 0 Å². The number of hydrogen-bond donors (Lipinski definition) is 1. The number of methoxy groups -OCH3 is 1. The third-order valence-corrected chi connectivity index (χ3v) is 8.95. The SMILES string of the molecule is CCOc1ccc([C@@H]2C(C(=O)Nc3ccccc3)=C(C)N=c3s/c(=C\c4cc(Cl)c(OCc5ccccc5F)c(OC)c4)c(=O)n32)cc1. The predicted molar refractivity (Wildman–Crippen MR) is 185 cm³/mol. The van der Waals surface area contributed by atoms with Crippen molar-refractivity contribution >= 4 is 40.6 Å². The number of amides is 1. The first-order chi connectivity index (χ1) is 23.3. The van der Waals surface area contributed by atoms with E-state index in [4.69, 9.17) is 30.8 Å². The Balaban J connectivity index is 1.41. The average Bonchev–Trinajstić information content (AvgIpc) is 3.38. The van der Waals surface area contributed by atoms with Crippen LogP contribution in [0.5, 0.6) is 17.2 Å². The number of nitrogens with one attached hydrogen (secondary N) is 1. The van der Waals surface area contributed by atoms with Gasteiger partial charge in [0.25, 0.3) is 11.5 Å². The summed E-state index contributed by atoms with van der Waals surface area (Å²) in [5.74, 6) is 0.496. The molecular weight excluding hydrogens is 653 g/mol. The lowest BCUT2D eigenvalue weighted by Crippen LogP contribution is -2.40. The number of hydrogen-bond acceptors (Lipinski definition) is 7. The number of carbonyl (C=O) groups is 1. The summed E-state index contributed by atoms with van der Waals surface area (Å²) in [6.07, 6.45) is 1.69. The number of fused-ring (bicyclic) bond motifs is 1. The van der Waals surface area contributed by atoms with Gasteiger partial charge in [0.2, 0.25) is 0 Å². The Morgan fingerprint density at radius 2 is 1.77 bits per heavy atom. The second kappa shape index (κ2) is 14.3. The van der Waals surface area contributed by atoms with Crippen LogP contribution < -0.4 is 34.4 Å². The zero-order valence-electron chi connectivity index (χ0n) is 26.3. The summed E-state index contributed by atoms with van der Waals surface area (Å²) in [4.78, 5) is 33.2. The molecule has 0 saturated heterocycles. The minimum atomic E-state index is -0.755. The van der Waals surface area contributed by atoms with Crippen molar-refractivity contribution in [2.24, 2.45) is 4.99 Å². The van der Waals surface area contributed by atoms with Gasteiger partial charge in [0.15, 0.2) is 16.3 Å². The van der Waals surface area contributed by atoms with Gasteiger partial charge in [0, 0.05) is 11.3 Å². The van der Waals surface area contributed by atoms with Crippen LogP contribution in [0.15, 0.2) is 112 Å². The van der Waals surface area contributed by atoms with Crippen LogP contribution in [0.3, 0.4) is 0 Å². The van der Waals surface area contributed by atoms with Gasteiger partial charge in [-0.3, -0.25) is 14.2 Å². The van der Waals surface area contributed by atoms with Gasteiger partial charge in [-0.2, -0.15) is 0 Å². The lowest BCUT2D eigenvalue weighted by molar-refractivity contribution is -0.113. The molecule has 0 aliphatic carbocycles. The fourth-order valence-corrected chi connectivity index (χ4v) is 6.76. The molecule has 4 aromatic carbocycles. The molecule has 1 atom stereocenters. The summed E-state index contributed by atoms with van der Waals surface area (Å²) >= 11 is 7.83. The molecule has 48 heavy (non-hydrogen) atoms. The molecule has 244 valence electrons. The number of nitrogens with zero attached hydrogens (tertiary/aromatic N) is 2. The van der Waals surface area contributed by atoms with Crippen molar-refractivity contribution < 1.29 is 23.4 Å². The molecular formula is C37H31ClFN3O5S. The number of aromatic nitrogens is 1. The molecule has 5 aromatic rings. The fraction of sp³-hybridized carbons (Fsp3) is 0.162. The Hall–Kier alpha value is -5.19. The zero-order valence-corrected chi connectivity index (χ0v) is 27.9.